The van der Waals surface area contributed by atoms with Gasteiger partial charge in [-0.3, -0.25) is 14.4 Å². The third-order valence-corrected chi connectivity index (χ3v) is 11.7. The summed E-state index contributed by atoms with van der Waals surface area (Å²) in [5.41, 5.74) is -4.03. The molecule has 12 nitrogen and oxygen atoms in total. The van der Waals surface area contributed by atoms with Crippen molar-refractivity contribution in [3.05, 3.63) is 0 Å². The predicted molar refractivity (Wildman–Crippen MR) is 142 cm³/mol. The van der Waals surface area contributed by atoms with Gasteiger partial charge in [-0.2, -0.15) is 0 Å². The molecule has 1 heterocycles. The molecule has 14 atom stereocenters. The standard InChI is InChI=1S/C30H44O12/c1-8-38-30-12-19(36-6)29(41-16(4)33)11-17(21(30)25(29)40-15(3)32)20-22(30)23(37-7)24-27(13-35-5)18(39-14(2)31)9-10-28(20,24)42-26(27)34/h17-26,34H,8-13H2,1-7H3/t17?,18-,19+,20+,21?,22-,23+,24?,25-,26+,27-,28-,29+,30-/m1/s1. The van der Waals surface area contributed by atoms with E-state index < -0.39 is 76.7 Å². The molecule has 42 heavy (non-hydrogen) atoms. The van der Waals surface area contributed by atoms with Crippen LogP contribution >= 0.6 is 0 Å². The van der Waals surface area contributed by atoms with Crippen molar-refractivity contribution < 1.29 is 57.4 Å². The number of esters is 3. The molecule has 0 aromatic rings. The van der Waals surface area contributed by atoms with Gasteiger partial charge in [-0.05, 0) is 38.0 Å². The monoisotopic (exact) mass is 596 g/mol. The molecule has 0 radical (unpaired) electrons. The second-order valence-corrected chi connectivity index (χ2v) is 13.1. The molecule has 1 N–H and O–H groups in total. The summed E-state index contributed by atoms with van der Waals surface area (Å²) in [6.45, 7) is 6.48. The molecule has 0 aromatic carbocycles. The summed E-state index contributed by atoms with van der Waals surface area (Å²) in [7, 11) is 4.79. The molecule has 3 unspecified atom stereocenters. The van der Waals surface area contributed by atoms with Crippen LogP contribution in [0.25, 0.3) is 0 Å². The van der Waals surface area contributed by atoms with E-state index in [1.807, 2.05) is 6.92 Å². The van der Waals surface area contributed by atoms with Crippen LogP contribution in [0.15, 0.2) is 0 Å². The minimum absolute atomic E-state index is 0.0989. The van der Waals surface area contributed by atoms with Crippen molar-refractivity contribution in [3.63, 3.8) is 0 Å². The highest BCUT2D eigenvalue weighted by molar-refractivity contribution is 5.68. The molecule has 0 spiro atoms. The minimum Gasteiger partial charge on any atom is -0.462 e. The Morgan fingerprint density at radius 1 is 0.881 bits per heavy atom. The molecule has 236 valence electrons. The van der Waals surface area contributed by atoms with Crippen LogP contribution in [-0.4, -0.2) is 105 Å². The zero-order valence-electron chi connectivity index (χ0n) is 25.5. The van der Waals surface area contributed by atoms with Crippen LogP contribution in [0.1, 0.15) is 53.4 Å². The number of aliphatic hydroxyl groups is 1. The summed E-state index contributed by atoms with van der Waals surface area (Å²) >= 11 is 0. The zero-order chi connectivity index (χ0) is 30.4. The van der Waals surface area contributed by atoms with E-state index in [1.165, 1.54) is 20.8 Å². The number of ether oxygens (including phenoxy) is 8. The van der Waals surface area contributed by atoms with E-state index >= 15 is 0 Å². The van der Waals surface area contributed by atoms with E-state index in [0.717, 1.165) is 0 Å². The topological polar surface area (TPSA) is 145 Å². The normalized spacial score (nSPS) is 51.1. The van der Waals surface area contributed by atoms with Gasteiger partial charge in [0.1, 0.15) is 18.3 Å². The summed E-state index contributed by atoms with van der Waals surface area (Å²) in [5, 5.41) is 11.7. The molecule has 12 heteroatoms. The fourth-order valence-electron chi connectivity index (χ4n) is 11.3. The lowest BCUT2D eigenvalue weighted by Crippen LogP contribution is -2.68. The number of carbonyl (C=O) groups is 3. The molecule has 4 bridgehead atoms. The second-order valence-electron chi connectivity index (χ2n) is 13.1. The van der Waals surface area contributed by atoms with Crippen molar-refractivity contribution in [1.82, 2.24) is 0 Å². The first-order chi connectivity index (χ1) is 19.9. The summed E-state index contributed by atoms with van der Waals surface area (Å²) < 4.78 is 49.8. The largest absolute Gasteiger partial charge is 0.462 e. The van der Waals surface area contributed by atoms with Gasteiger partial charge in [0.25, 0.3) is 0 Å². The van der Waals surface area contributed by atoms with Crippen LogP contribution in [0, 0.1) is 35.0 Å². The number of rotatable bonds is 9. The fourth-order valence-corrected chi connectivity index (χ4v) is 11.3. The number of hydrogen-bond donors (Lipinski definition) is 1. The van der Waals surface area contributed by atoms with E-state index in [4.69, 9.17) is 37.9 Å². The van der Waals surface area contributed by atoms with Crippen LogP contribution in [0.4, 0.5) is 0 Å². The average Bonchev–Trinajstić information content (AvgIpc) is 3.49. The van der Waals surface area contributed by atoms with Gasteiger partial charge in [0.2, 0.25) is 0 Å². The fraction of sp³-hybridized carbons (Fsp3) is 0.900. The van der Waals surface area contributed by atoms with Crippen molar-refractivity contribution in [2.45, 2.75) is 101 Å². The van der Waals surface area contributed by atoms with Gasteiger partial charge >= 0.3 is 17.9 Å². The van der Waals surface area contributed by atoms with Crippen molar-refractivity contribution in [1.29, 1.82) is 0 Å². The average molecular weight is 597 g/mol. The van der Waals surface area contributed by atoms with Crippen LogP contribution in [-0.2, 0) is 52.3 Å². The van der Waals surface area contributed by atoms with E-state index in [0.29, 0.717) is 32.3 Å². The lowest BCUT2D eigenvalue weighted by molar-refractivity contribution is -0.266. The Hall–Kier alpha value is -1.83. The lowest BCUT2D eigenvalue weighted by Gasteiger charge is -2.54. The van der Waals surface area contributed by atoms with Crippen molar-refractivity contribution in [3.8, 4) is 0 Å². The van der Waals surface area contributed by atoms with Crippen LogP contribution < -0.4 is 0 Å². The van der Waals surface area contributed by atoms with Crippen LogP contribution in [0.5, 0.6) is 0 Å². The van der Waals surface area contributed by atoms with Gasteiger partial charge < -0.3 is 43.0 Å². The first-order valence-corrected chi connectivity index (χ1v) is 15.0. The Balaban J connectivity index is 1.56. The molecular formula is C30H44O12. The third-order valence-electron chi connectivity index (χ3n) is 11.7. The van der Waals surface area contributed by atoms with Crippen LogP contribution in [0.2, 0.25) is 0 Å². The Morgan fingerprint density at radius 2 is 1.60 bits per heavy atom. The molecular weight excluding hydrogens is 552 g/mol. The number of methoxy groups -OCH3 is 3. The maximum atomic E-state index is 12.6. The maximum Gasteiger partial charge on any atom is 0.303 e. The van der Waals surface area contributed by atoms with Crippen molar-refractivity contribution in [2.24, 2.45) is 35.0 Å². The highest BCUT2D eigenvalue weighted by Gasteiger charge is 2.89. The van der Waals surface area contributed by atoms with Gasteiger partial charge in [-0.25, -0.2) is 0 Å². The SMILES string of the molecule is CCO[C@]12C[C@H](OC)[C@@]3(OC(C)=O)CC(C1[C@H]3OC(C)=O)[C@H]1[C@@H]2[C@H](OC)C2[C@]3(COC)[C@@H](O)O[C@@]21CC[C@H]3OC(C)=O. The number of fused-ring (bicyclic) bond motifs is 4. The minimum atomic E-state index is -1.27. The summed E-state index contributed by atoms with van der Waals surface area (Å²) in [6.07, 6.45) is -2.06. The van der Waals surface area contributed by atoms with Gasteiger partial charge in [0.05, 0.1) is 29.3 Å². The summed E-state index contributed by atoms with van der Waals surface area (Å²) in [4.78, 5) is 37.4. The zero-order valence-corrected chi connectivity index (χ0v) is 25.5. The molecule has 0 aromatic heterocycles. The Labute approximate surface area is 245 Å². The van der Waals surface area contributed by atoms with Gasteiger partial charge in [-0.15, -0.1) is 0 Å². The lowest BCUT2D eigenvalue weighted by atomic mass is 9.58. The molecule has 0 amide bonds. The van der Waals surface area contributed by atoms with Gasteiger partial charge in [0, 0.05) is 72.9 Å². The van der Waals surface area contributed by atoms with E-state index in [2.05, 4.69) is 0 Å². The first-order valence-electron chi connectivity index (χ1n) is 15.0. The summed E-state index contributed by atoms with van der Waals surface area (Å²) in [5.74, 6) is -2.76. The molecule has 1 saturated heterocycles. The molecule has 5 saturated carbocycles. The van der Waals surface area contributed by atoms with E-state index in [1.54, 1.807) is 21.3 Å². The summed E-state index contributed by atoms with van der Waals surface area (Å²) in [6, 6.07) is 0. The predicted octanol–water partition coefficient (Wildman–Crippen LogP) is 1.39. The van der Waals surface area contributed by atoms with E-state index in [-0.39, 0.29) is 30.3 Å². The molecule has 6 aliphatic rings. The van der Waals surface area contributed by atoms with Crippen molar-refractivity contribution in [2.75, 3.05) is 34.5 Å². The number of carbonyl (C=O) groups excluding carboxylic acids is 3. The molecule has 6 rings (SSSR count). The van der Waals surface area contributed by atoms with Crippen molar-refractivity contribution >= 4 is 17.9 Å². The smallest absolute Gasteiger partial charge is 0.303 e. The van der Waals surface area contributed by atoms with Gasteiger partial charge in [0.15, 0.2) is 11.9 Å². The quantitative estimate of drug-likeness (QED) is 0.303. The first kappa shape index (κ1) is 30.2. The highest BCUT2D eigenvalue weighted by atomic mass is 16.6. The van der Waals surface area contributed by atoms with Gasteiger partial charge in [-0.1, -0.05) is 0 Å². The second kappa shape index (κ2) is 10.1. The Morgan fingerprint density at radius 3 is 2.17 bits per heavy atom. The number of aliphatic hydroxyl groups excluding tert-OH is 1. The third kappa shape index (κ3) is 3.53. The van der Waals surface area contributed by atoms with Crippen LogP contribution in [0.3, 0.4) is 0 Å². The molecule has 6 fully saturated rings. The Bertz CT molecular complexity index is 1130. The Kier molecular flexibility index (Phi) is 7.26. The molecule has 5 aliphatic carbocycles. The maximum absolute atomic E-state index is 12.6. The number of hydrogen-bond acceptors (Lipinski definition) is 12. The van der Waals surface area contributed by atoms with E-state index in [9.17, 15) is 19.5 Å². The highest BCUT2D eigenvalue weighted by Crippen LogP contribution is 2.79. The molecule has 1 aliphatic heterocycles.